The van der Waals surface area contributed by atoms with Gasteiger partial charge < -0.3 is 10.1 Å². The Balaban J connectivity index is 2.02. The zero-order valence-corrected chi connectivity index (χ0v) is 16.1. The van der Waals surface area contributed by atoms with E-state index in [1.807, 2.05) is 62.2 Å². The number of likely N-dealkylation sites (N-methyl/N-ethyl adjacent to an activating group) is 1. The lowest BCUT2D eigenvalue weighted by Gasteiger charge is -2.24. The zero-order chi connectivity index (χ0) is 18.4. The van der Waals surface area contributed by atoms with Crippen LogP contribution in [0.4, 0.5) is 5.69 Å². The molecule has 2 aromatic rings. The Bertz CT molecular complexity index is 737. The quantitative estimate of drug-likeness (QED) is 0.746. The third kappa shape index (κ3) is 5.36. The van der Waals surface area contributed by atoms with Crippen LogP contribution in [0.15, 0.2) is 42.5 Å². The number of hydrogen-bond acceptors (Lipinski definition) is 3. The Labute approximate surface area is 158 Å². The fourth-order valence-electron chi connectivity index (χ4n) is 2.35. The van der Waals surface area contributed by atoms with Crippen LogP contribution < -0.4 is 10.1 Å². The lowest BCUT2D eigenvalue weighted by Crippen LogP contribution is -2.39. The highest BCUT2D eigenvalue weighted by atomic mass is 35.5. The number of para-hydroxylation sites is 2. The molecular formula is C19H22Cl2N2O2. The number of benzene rings is 2. The van der Waals surface area contributed by atoms with Crippen LogP contribution in [0, 0.1) is 0 Å². The minimum absolute atomic E-state index is 0.102. The normalized spacial score (nSPS) is 12.1. The Kier molecular flexibility index (Phi) is 7.12. The molecule has 0 bridgehead atoms. The fraction of sp³-hybridized carbons (Fsp3) is 0.316. The van der Waals surface area contributed by atoms with Gasteiger partial charge in [-0.25, -0.2) is 0 Å². The minimum Gasteiger partial charge on any atom is -0.492 e. The summed E-state index contributed by atoms with van der Waals surface area (Å²) in [5.41, 5.74) is 1.66. The van der Waals surface area contributed by atoms with E-state index in [2.05, 4.69) is 5.32 Å². The summed E-state index contributed by atoms with van der Waals surface area (Å²) >= 11 is 12.0. The van der Waals surface area contributed by atoms with Crippen molar-refractivity contribution in [2.24, 2.45) is 0 Å². The average Bonchev–Trinajstić information content (AvgIpc) is 2.59. The van der Waals surface area contributed by atoms with Crippen LogP contribution in [-0.2, 0) is 11.3 Å². The molecule has 25 heavy (non-hydrogen) atoms. The van der Waals surface area contributed by atoms with Crippen molar-refractivity contribution in [1.29, 1.82) is 0 Å². The van der Waals surface area contributed by atoms with Gasteiger partial charge in [-0.2, -0.15) is 0 Å². The molecule has 6 heteroatoms. The molecule has 2 aromatic carbocycles. The zero-order valence-electron chi connectivity index (χ0n) is 14.6. The van der Waals surface area contributed by atoms with Crippen molar-refractivity contribution in [3.8, 4) is 5.75 Å². The van der Waals surface area contributed by atoms with Crippen LogP contribution in [0.2, 0.25) is 10.0 Å². The summed E-state index contributed by atoms with van der Waals surface area (Å²) in [5, 5.41) is 3.96. The highest BCUT2D eigenvalue weighted by Crippen LogP contribution is 2.25. The third-order valence-corrected chi connectivity index (χ3v) is 4.64. The number of carbonyl (C=O) groups is 1. The van der Waals surface area contributed by atoms with Gasteiger partial charge in [-0.3, -0.25) is 9.69 Å². The number of nitrogens with one attached hydrogen (secondary N) is 1. The largest absolute Gasteiger partial charge is 0.492 e. The number of rotatable bonds is 7. The summed E-state index contributed by atoms with van der Waals surface area (Å²) in [5.74, 6) is 0.562. The smallest absolute Gasteiger partial charge is 0.241 e. The first-order chi connectivity index (χ1) is 11.9. The van der Waals surface area contributed by atoms with Crippen LogP contribution in [0.1, 0.15) is 19.4 Å². The standard InChI is InChI=1S/C19H22Cl2N2O2/c1-4-25-18-8-6-5-7-17(18)22-19(24)13(2)23(3)12-14-9-10-15(20)16(21)11-14/h5-11,13H,4,12H2,1-3H3,(H,22,24). The molecule has 1 atom stereocenters. The molecule has 0 aliphatic heterocycles. The van der Waals surface area contributed by atoms with Crippen molar-refractivity contribution >= 4 is 34.8 Å². The number of amides is 1. The van der Waals surface area contributed by atoms with E-state index >= 15 is 0 Å². The first-order valence-electron chi connectivity index (χ1n) is 8.09. The van der Waals surface area contributed by atoms with E-state index in [9.17, 15) is 4.79 Å². The van der Waals surface area contributed by atoms with Gasteiger partial charge in [0, 0.05) is 6.54 Å². The maximum atomic E-state index is 12.6. The molecule has 0 heterocycles. The average molecular weight is 381 g/mol. The lowest BCUT2D eigenvalue weighted by atomic mass is 10.2. The highest BCUT2D eigenvalue weighted by Gasteiger charge is 2.19. The number of anilines is 1. The molecule has 1 amide bonds. The molecule has 4 nitrogen and oxygen atoms in total. The predicted molar refractivity (Wildman–Crippen MR) is 104 cm³/mol. The molecule has 0 spiro atoms. The van der Waals surface area contributed by atoms with E-state index in [1.165, 1.54) is 0 Å². The first-order valence-corrected chi connectivity index (χ1v) is 8.84. The monoisotopic (exact) mass is 380 g/mol. The number of ether oxygens (including phenoxy) is 1. The first kappa shape index (κ1) is 19.6. The second kappa shape index (κ2) is 9.09. The Hall–Kier alpha value is -1.75. The number of carbonyl (C=O) groups excluding carboxylic acids is 1. The highest BCUT2D eigenvalue weighted by molar-refractivity contribution is 6.42. The van der Waals surface area contributed by atoms with E-state index in [1.54, 1.807) is 6.07 Å². The van der Waals surface area contributed by atoms with Crippen LogP contribution >= 0.6 is 23.2 Å². The molecule has 1 unspecified atom stereocenters. The predicted octanol–water partition coefficient (Wildman–Crippen LogP) is 4.85. The molecule has 2 rings (SSSR count). The van der Waals surface area contributed by atoms with Gasteiger partial charge >= 0.3 is 0 Å². The van der Waals surface area contributed by atoms with Crippen LogP contribution in [0.5, 0.6) is 5.75 Å². The molecule has 1 N–H and O–H groups in total. The second-order valence-electron chi connectivity index (χ2n) is 5.76. The van der Waals surface area contributed by atoms with Crippen molar-refractivity contribution < 1.29 is 9.53 Å². The summed E-state index contributed by atoms with van der Waals surface area (Å²) < 4.78 is 5.54. The molecule has 0 aromatic heterocycles. The van der Waals surface area contributed by atoms with Gasteiger partial charge in [0.05, 0.1) is 28.4 Å². The second-order valence-corrected chi connectivity index (χ2v) is 6.57. The molecule has 0 aliphatic rings. The van der Waals surface area contributed by atoms with Crippen molar-refractivity contribution in [1.82, 2.24) is 4.90 Å². The molecule has 0 fully saturated rings. The van der Waals surface area contributed by atoms with Crippen molar-refractivity contribution in [3.63, 3.8) is 0 Å². The summed E-state index contributed by atoms with van der Waals surface area (Å²) in [6.45, 7) is 4.89. The number of hydrogen-bond donors (Lipinski definition) is 1. The van der Waals surface area contributed by atoms with E-state index in [0.29, 0.717) is 34.6 Å². The van der Waals surface area contributed by atoms with Crippen molar-refractivity contribution in [3.05, 3.63) is 58.1 Å². The Morgan fingerprint density at radius 3 is 2.60 bits per heavy atom. The molecule has 134 valence electrons. The van der Waals surface area contributed by atoms with Gasteiger partial charge in [-0.1, -0.05) is 41.4 Å². The maximum absolute atomic E-state index is 12.6. The summed E-state index contributed by atoms with van der Waals surface area (Å²) in [7, 11) is 1.89. The van der Waals surface area contributed by atoms with Crippen LogP contribution in [-0.4, -0.2) is 30.5 Å². The lowest BCUT2D eigenvalue weighted by molar-refractivity contribution is -0.120. The van der Waals surface area contributed by atoms with Crippen LogP contribution in [0.3, 0.4) is 0 Å². The summed E-state index contributed by atoms with van der Waals surface area (Å²) in [6.07, 6.45) is 0. The van der Waals surface area contributed by atoms with Crippen LogP contribution in [0.25, 0.3) is 0 Å². The molecular weight excluding hydrogens is 359 g/mol. The number of nitrogens with zero attached hydrogens (tertiary/aromatic N) is 1. The Morgan fingerprint density at radius 2 is 1.92 bits per heavy atom. The summed E-state index contributed by atoms with van der Waals surface area (Å²) in [6, 6.07) is 12.6. The third-order valence-electron chi connectivity index (χ3n) is 3.90. The summed E-state index contributed by atoms with van der Waals surface area (Å²) in [4.78, 5) is 14.5. The minimum atomic E-state index is -0.330. The maximum Gasteiger partial charge on any atom is 0.241 e. The molecule has 0 aliphatic carbocycles. The van der Waals surface area contributed by atoms with Crippen molar-refractivity contribution in [2.45, 2.75) is 26.4 Å². The van der Waals surface area contributed by atoms with E-state index < -0.39 is 0 Å². The van der Waals surface area contributed by atoms with Gasteiger partial charge in [0.15, 0.2) is 0 Å². The fourth-order valence-corrected chi connectivity index (χ4v) is 2.67. The van der Waals surface area contributed by atoms with Gasteiger partial charge in [0.1, 0.15) is 5.75 Å². The molecule has 0 saturated carbocycles. The Morgan fingerprint density at radius 1 is 1.20 bits per heavy atom. The van der Waals surface area contributed by atoms with Gasteiger partial charge in [0.2, 0.25) is 5.91 Å². The topological polar surface area (TPSA) is 41.6 Å². The van der Waals surface area contributed by atoms with Gasteiger partial charge in [-0.15, -0.1) is 0 Å². The van der Waals surface area contributed by atoms with Gasteiger partial charge in [-0.05, 0) is 50.7 Å². The molecule has 0 saturated heterocycles. The van der Waals surface area contributed by atoms with E-state index in [4.69, 9.17) is 27.9 Å². The van der Waals surface area contributed by atoms with E-state index in [0.717, 1.165) is 5.56 Å². The number of halogens is 2. The SMILES string of the molecule is CCOc1ccccc1NC(=O)C(C)N(C)Cc1ccc(Cl)c(Cl)c1. The molecule has 0 radical (unpaired) electrons. The van der Waals surface area contributed by atoms with E-state index in [-0.39, 0.29) is 11.9 Å². The van der Waals surface area contributed by atoms with Crippen molar-refractivity contribution in [2.75, 3.05) is 19.0 Å². The van der Waals surface area contributed by atoms with Gasteiger partial charge in [0.25, 0.3) is 0 Å².